The van der Waals surface area contributed by atoms with Crippen molar-refractivity contribution in [2.75, 3.05) is 31.1 Å². The molecular formula is C19H30Cl2N2O2. The number of anilines is 1. The molecule has 4 atom stereocenters. The zero-order valence-corrected chi connectivity index (χ0v) is 16.2. The van der Waals surface area contributed by atoms with Gasteiger partial charge in [0.1, 0.15) is 11.9 Å². The van der Waals surface area contributed by atoms with Crippen molar-refractivity contribution in [2.45, 2.75) is 44.3 Å². The maximum absolute atomic E-state index is 10.4. The van der Waals surface area contributed by atoms with Gasteiger partial charge in [-0.3, -0.25) is 0 Å². The SMILES string of the molecule is Cl.Cl.O[C@@H]1C[C@H]2CNC[C@H]2C[C@H]1Oc1cccc(N2CCCCC2)c1. The molecule has 0 amide bonds. The molecule has 2 saturated heterocycles. The molecule has 4 rings (SSSR count). The van der Waals surface area contributed by atoms with E-state index in [1.165, 1.54) is 24.9 Å². The first kappa shape index (κ1) is 20.6. The lowest BCUT2D eigenvalue weighted by Crippen LogP contribution is -2.42. The van der Waals surface area contributed by atoms with Gasteiger partial charge < -0.3 is 20.1 Å². The topological polar surface area (TPSA) is 44.7 Å². The van der Waals surface area contributed by atoms with Gasteiger partial charge in [0.15, 0.2) is 0 Å². The van der Waals surface area contributed by atoms with Crippen molar-refractivity contribution in [2.24, 2.45) is 11.8 Å². The number of aliphatic hydroxyl groups excluding tert-OH is 1. The first-order valence-corrected chi connectivity index (χ1v) is 9.20. The van der Waals surface area contributed by atoms with Gasteiger partial charge in [0.25, 0.3) is 0 Å². The first-order valence-electron chi connectivity index (χ1n) is 9.20. The van der Waals surface area contributed by atoms with Crippen LogP contribution >= 0.6 is 24.8 Å². The van der Waals surface area contributed by atoms with Crippen LogP contribution in [-0.4, -0.2) is 43.5 Å². The molecular weight excluding hydrogens is 359 g/mol. The fraction of sp³-hybridized carbons (Fsp3) is 0.684. The predicted octanol–water partition coefficient (Wildman–Crippen LogP) is 3.26. The molecule has 2 aliphatic heterocycles. The molecule has 1 saturated carbocycles. The smallest absolute Gasteiger partial charge is 0.125 e. The van der Waals surface area contributed by atoms with E-state index in [0.29, 0.717) is 11.8 Å². The van der Waals surface area contributed by atoms with E-state index in [1.807, 2.05) is 6.07 Å². The van der Waals surface area contributed by atoms with E-state index in [0.717, 1.165) is 44.8 Å². The fourth-order valence-electron chi connectivity index (χ4n) is 4.46. The highest BCUT2D eigenvalue weighted by molar-refractivity contribution is 5.85. The highest BCUT2D eigenvalue weighted by Crippen LogP contribution is 2.35. The van der Waals surface area contributed by atoms with Gasteiger partial charge in [0, 0.05) is 24.8 Å². The monoisotopic (exact) mass is 388 g/mol. The minimum atomic E-state index is -0.338. The lowest BCUT2D eigenvalue weighted by Gasteiger charge is -2.35. The number of rotatable bonds is 3. The van der Waals surface area contributed by atoms with Crippen LogP contribution in [0.15, 0.2) is 24.3 Å². The minimum Gasteiger partial charge on any atom is -0.488 e. The predicted molar refractivity (Wildman–Crippen MR) is 107 cm³/mol. The van der Waals surface area contributed by atoms with E-state index < -0.39 is 0 Å². The molecule has 6 heteroatoms. The standard InChI is InChI=1S/C19H28N2O2.2ClH/c22-18-9-14-12-20-13-15(14)10-19(18)23-17-6-4-5-16(11-17)21-7-2-1-3-8-21;;/h4-6,11,14-15,18-20,22H,1-3,7-10,12-13H2;2*1H/t14-,15+,18+,19+;;/m0../s1. The number of ether oxygens (including phenoxy) is 1. The second kappa shape index (κ2) is 9.31. The number of hydrogen-bond donors (Lipinski definition) is 2. The maximum Gasteiger partial charge on any atom is 0.125 e. The Labute approximate surface area is 163 Å². The van der Waals surface area contributed by atoms with Crippen LogP contribution in [0.1, 0.15) is 32.1 Å². The van der Waals surface area contributed by atoms with Crippen LogP contribution in [0.25, 0.3) is 0 Å². The number of aliphatic hydroxyl groups is 1. The van der Waals surface area contributed by atoms with E-state index in [-0.39, 0.29) is 37.0 Å². The normalized spacial score (nSPS) is 31.5. The Morgan fingerprint density at radius 2 is 1.72 bits per heavy atom. The molecule has 1 aliphatic carbocycles. The van der Waals surface area contributed by atoms with E-state index in [2.05, 4.69) is 28.4 Å². The van der Waals surface area contributed by atoms with Gasteiger partial charge in [0.05, 0.1) is 6.10 Å². The van der Waals surface area contributed by atoms with E-state index in [1.54, 1.807) is 0 Å². The Morgan fingerprint density at radius 3 is 2.48 bits per heavy atom. The summed E-state index contributed by atoms with van der Waals surface area (Å²) in [7, 11) is 0. The summed E-state index contributed by atoms with van der Waals surface area (Å²) in [6.07, 6.45) is 5.34. The molecule has 2 N–H and O–H groups in total. The average molecular weight is 389 g/mol. The summed E-state index contributed by atoms with van der Waals surface area (Å²) >= 11 is 0. The van der Waals surface area contributed by atoms with Crippen LogP contribution in [0.5, 0.6) is 5.75 Å². The summed E-state index contributed by atoms with van der Waals surface area (Å²) in [5, 5.41) is 13.9. The van der Waals surface area contributed by atoms with Crippen molar-refractivity contribution in [1.82, 2.24) is 5.32 Å². The van der Waals surface area contributed by atoms with Gasteiger partial charge in [-0.05, 0) is 69.2 Å². The van der Waals surface area contributed by atoms with Crippen LogP contribution in [0.2, 0.25) is 0 Å². The molecule has 0 radical (unpaired) electrons. The summed E-state index contributed by atoms with van der Waals surface area (Å²) in [5.74, 6) is 2.19. The Kier molecular flexibility index (Phi) is 7.68. The third-order valence-electron chi connectivity index (χ3n) is 5.81. The number of nitrogens with one attached hydrogen (secondary N) is 1. The van der Waals surface area contributed by atoms with Gasteiger partial charge >= 0.3 is 0 Å². The van der Waals surface area contributed by atoms with Gasteiger partial charge in [-0.15, -0.1) is 24.8 Å². The summed E-state index contributed by atoms with van der Waals surface area (Å²) in [6.45, 7) is 4.42. The number of piperidine rings is 1. The molecule has 1 aromatic rings. The molecule has 0 bridgehead atoms. The number of halogens is 2. The Morgan fingerprint density at radius 1 is 1.00 bits per heavy atom. The maximum atomic E-state index is 10.4. The molecule has 2 heterocycles. The Bertz CT molecular complexity index is 540. The van der Waals surface area contributed by atoms with Crippen molar-refractivity contribution in [3.05, 3.63) is 24.3 Å². The molecule has 0 aromatic heterocycles. The summed E-state index contributed by atoms with van der Waals surface area (Å²) in [5.41, 5.74) is 1.26. The minimum absolute atomic E-state index is 0. The van der Waals surface area contributed by atoms with Crippen molar-refractivity contribution >= 4 is 30.5 Å². The molecule has 1 aromatic carbocycles. The fourth-order valence-corrected chi connectivity index (χ4v) is 4.46. The second-order valence-electron chi connectivity index (χ2n) is 7.42. The third-order valence-corrected chi connectivity index (χ3v) is 5.81. The van der Waals surface area contributed by atoms with Gasteiger partial charge in [0.2, 0.25) is 0 Å². The average Bonchev–Trinajstić information content (AvgIpc) is 3.03. The second-order valence-corrected chi connectivity index (χ2v) is 7.42. The van der Waals surface area contributed by atoms with Crippen LogP contribution in [0, 0.1) is 11.8 Å². The number of nitrogens with zero attached hydrogens (tertiary/aromatic N) is 1. The third kappa shape index (κ3) is 4.73. The van der Waals surface area contributed by atoms with Crippen molar-refractivity contribution in [3.63, 3.8) is 0 Å². The highest BCUT2D eigenvalue weighted by Gasteiger charge is 2.39. The zero-order valence-electron chi connectivity index (χ0n) is 14.6. The molecule has 0 unspecified atom stereocenters. The Hall–Kier alpha value is -0.680. The quantitative estimate of drug-likeness (QED) is 0.833. The van der Waals surface area contributed by atoms with Crippen molar-refractivity contribution in [1.29, 1.82) is 0 Å². The summed E-state index contributed by atoms with van der Waals surface area (Å²) < 4.78 is 6.20. The zero-order chi connectivity index (χ0) is 15.6. The van der Waals surface area contributed by atoms with E-state index >= 15 is 0 Å². The molecule has 0 spiro atoms. The van der Waals surface area contributed by atoms with Crippen molar-refractivity contribution < 1.29 is 9.84 Å². The number of fused-ring (bicyclic) bond motifs is 1. The molecule has 4 nitrogen and oxygen atoms in total. The first-order chi connectivity index (χ1) is 11.3. The molecule has 3 fully saturated rings. The molecule has 3 aliphatic rings. The summed E-state index contributed by atoms with van der Waals surface area (Å²) in [6, 6.07) is 8.43. The largest absolute Gasteiger partial charge is 0.488 e. The van der Waals surface area contributed by atoms with E-state index in [4.69, 9.17) is 4.74 Å². The van der Waals surface area contributed by atoms with Gasteiger partial charge in [-0.1, -0.05) is 6.07 Å². The lowest BCUT2D eigenvalue weighted by atomic mass is 9.78. The molecule has 25 heavy (non-hydrogen) atoms. The van der Waals surface area contributed by atoms with Crippen LogP contribution < -0.4 is 15.0 Å². The van der Waals surface area contributed by atoms with Crippen LogP contribution in [0.3, 0.4) is 0 Å². The number of hydrogen-bond acceptors (Lipinski definition) is 4. The number of benzene rings is 1. The highest BCUT2D eigenvalue weighted by atomic mass is 35.5. The van der Waals surface area contributed by atoms with E-state index in [9.17, 15) is 5.11 Å². The molecule has 142 valence electrons. The lowest BCUT2D eigenvalue weighted by molar-refractivity contribution is -0.0231. The van der Waals surface area contributed by atoms with Gasteiger partial charge in [-0.25, -0.2) is 0 Å². The summed E-state index contributed by atoms with van der Waals surface area (Å²) in [4.78, 5) is 2.45. The van der Waals surface area contributed by atoms with Gasteiger partial charge in [-0.2, -0.15) is 0 Å². The van der Waals surface area contributed by atoms with Crippen LogP contribution in [-0.2, 0) is 0 Å². The Balaban J connectivity index is 0.00000113. The van der Waals surface area contributed by atoms with Crippen molar-refractivity contribution in [3.8, 4) is 5.75 Å². The van der Waals surface area contributed by atoms with Crippen LogP contribution in [0.4, 0.5) is 5.69 Å².